The maximum Gasteiger partial charge on any atom is 0.209 e. The number of nitrogens with one attached hydrogen (secondary N) is 1. The number of tetrazole rings is 1. The fraction of sp³-hybridized carbons (Fsp3) is 0.929. The molecule has 1 aliphatic rings. The van der Waals surface area contributed by atoms with E-state index in [1.54, 1.807) is 0 Å². The highest BCUT2D eigenvalue weighted by atomic mass is 32.2. The van der Waals surface area contributed by atoms with Crippen LogP contribution in [0.15, 0.2) is 5.16 Å². The summed E-state index contributed by atoms with van der Waals surface area (Å²) in [5.41, 5.74) is 0. The second kappa shape index (κ2) is 7.98. The van der Waals surface area contributed by atoms with Gasteiger partial charge in [-0.25, -0.2) is 4.68 Å². The van der Waals surface area contributed by atoms with Crippen molar-refractivity contribution in [1.82, 2.24) is 25.5 Å². The number of rotatable bonds is 7. The summed E-state index contributed by atoms with van der Waals surface area (Å²) in [6.07, 6.45) is 6.67. The van der Waals surface area contributed by atoms with Gasteiger partial charge in [0, 0.05) is 17.8 Å². The summed E-state index contributed by atoms with van der Waals surface area (Å²) in [5, 5.41) is 17.2. The van der Waals surface area contributed by atoms with Gasteiger partial charge in [0.15, 0.2) is 0 Å². The highest BCUT2D eigenvalue weighted by Gasteiger charge is 2.22. The van der Waals surface area contributed by atoms with Gasteiger partial charge in [-0.3, -0.25) is 0 Å². The SMILES string of the molecule is CCC1CCC(Sc2nnnn2CCNC(C)C)CC1. The Bertz CT molecular complexity index is 385. The molecule has 1 fully saturated rings. The van der Waals surface area contributed by atoms with Crippen LogP contribution in [0.2, 0.25) is 0 Å². The summed E-state index contributed by atoms with van der Waals surface area (Å²) < 4.78 is 1.94. The van der Waals surface area contributed by atoms with Crippen LogP contribution in [0.1, 0.15) is 52.9 Å². The molecular weight excluding hydrogens is 270 g/mol. The first kappa shape index (κ1) is 15.8. The lowest BCUT2D eigenvalue weighted by Gasteiger charge is -2.26. The standard InChI is InChI=1S/C14H27N5S/c1-4-12-5-7-13(8-6-12)20-14-16-17-18-19(14)10-9-15-11(2)3/h11-13,15H,4-10H2,1-3H3. The zero-order chi connectivity index (χ0) is 14.4. The molecule has 1 N–H and O–H groups in total. The quantitative estimate of drug-likeness (QED) is 0.838. The molecule has 0 spiro atoms. The average Bonchev–Trinajstić information content (AvgIpc) is 2.87. The van der Waals surface area contributed by atoms with Crippen molar-refractivity contribution in [3.8, 4) is 0 Å². The van der Waals surface area contributed by atoms with Crippen LogP contribution < -0.4 is 5.32 Å². The first-order valence-corrected chi connectivity index (χ1v) is 8.73. The van der Waals surface area contributed by atoms with E-state index in [0.29, 0.717) is 11.3 Å². The smallest absolute Gasteiger partial charge is 0.209 e. The van der Waals surface area contributed by atoms with Crippen LogP contribution in [-0.2, 0) is 6.54 Å². The number of hydrogen-bond acceptors (Lipinski definition) is 5. The average molecular weight is 297 g/mol. The minimum absolute atomic E-state index is 0.506. The fourth-order valence-electron chi connectivity index (χ4n) is 2.69. The van der Waals surface area contributed by atoms with E-state index in [2.05, 4.69) is 41.6 Å². The van der Waals surface area contributed by atoms with Crippen LogP contribution in [0.5, 0.6) is 0 Å². The summed E-state index contributed by atoms with van der Waals surface area (Å²) in [6.45, 7) is 8.37. The Labute approximate surface area is 126 Å². The van der Waals surface area contributed by atoms with Crippen molar-refractivity contribution in [2.75, 3.05) is 6.54 Å². The van der Waals surface area contributed by atoms with Gasteiger partial charge in [0.05, 0.1) is 6.54 Å². The Morgan fingerprint density at radius 2 is 2.05 bits per heavy atom. The number of thioether (sulfide) groups is 1. The van der Waals surface area contributed by atoms with E-state index in [4.69, 9.17) is 0 Å². The van der Waals surface area contributed by atoms with Crippen molar-refractivity contribution in [3.05, 3.63) is 0 Å². The summed E-state index contributed by atoms with van der Waals surface area (Å²) in [7, 11) is 0. The van der Waals surface area contributed by atoms with E-state index in [-0.39, 0.29) is 0 Å². The molecule has 0 radical (unpaired) electrons. The monoisotopic (exact) mass is 297 g/mol. The molecule has 114 valence electrons. The predicted octanol–water partition coefficient (Wildman–Crippen LogP) is 2.73. The van der Waals surface area contributed by atoms with Crippen molar-refractivity contribution in [1.29, 1.82) is 0 Å². The summed E-state index contributed by atoms with van der Waals surface area (Å²) in [5.74, 6) is 0.943. The molecule has 1 aromatic rings. The molecule has 20 heavy (non-hydrogen) atoms. The lowest BCUT2D eigenvalue weighted by atomic mass is 9.87. The summed E-state index contributed by atoms with van der Waals surface area (Å²) in [6, 6.07) is 0.506. The molecule has 0 aromatic carbocycles. The van der Waals surface area contributed by atoms with Crippen LogP contribution in [0.25, 0.3) is 0 Å². The normalized spacial score (nSPS) is 23.4. The van der Waals surface area contributed by atoms with Crippen molar-refractivity contribution >= 4 is 11.8 Å². The van der Waals surface area contributed by atoms with Crippen molar-refractivity contribution in [2.45, 2.75) is 75.9 Å². The molecular formula is C14H27N5S. The van der Waals surface area contributed by atoms with Gasteiger partial charge in [0.2, 0.25) is 5.16 Å². The van der Waals surface area contributed by atoms with E-state index >= 15 is 0 Å². The Morgan fingerprint density at radius 3 is 2.70 bits per heavy atom. The third-order valence-corrected chi connectivity index (χ3v) is 5.33. The molecule has 0 amide bonds. The van der Waals surface area contributed by atoms with Crippen LogP contribution >= 0.6 is 11.8 Å². The van der Waals surface area contributed by atoms with Gasteiger partial charge in [-0.15, -0.1) is 5.10 Å². The fourth-order valence-corrected chi connectivity index (χ4v) is 3.83. The van der Waals surface area contributed by atoms with Gasteiger partial charge in [-0.05, 0) is 42.0 Å². The molecule has 6 heteroatoms. The Morgan fingerprint density at radius 1 is 1.30 bits per heavy atom. The molecule has 2 rings (SSSR count). The number of nitrogens with zero attached hydrogens (tertiary/aromatic N) is 4. The van der Waals surface area contributed by atoms with Crippen LogP contribution in [0.4, 0.5) is 0 Å². The molecule has 0 atom stereocenters. The molecule has 0 aliphatic heterocycles. The van der Waals surface area contributed by atoms with Gasteiger partial charge in [-0.1, -0.05) is 39.0 Å². The molecule has 1 aliphatic carbocycles. The van der Waals surface area contributed by atoms with E-state index in [9.17, 15) is 0 Å². The van der Waals surface area contributed by atoms with Crippen LogP contribution in [0.3, 0.4) is 0 Å². The van der Waals surface area contributed by atoms with Gasteiger partial charge >= 0.3 is 0 Å². The number of hydrogen-bond donors (Lipinski definition) is 1. The largest absolute Gasteiger partial charge is 0.313 e. The Kier molecular flexibility index (Phi) is 6.29. The lowest BCUT2D eigenvalue weighted by molar-refractivity contribution is 0.355. The second-order valence-corrected chi connectivity index (χ2v) is 7.23. The highest BCUT2D eigenvalue weighted by Crippen LogP contribution is 2.35. The molecule has 5 nitrogen and oxygen atoms in total. The summed E-state index contributed by atoms with van der Waals surface area (Å²) in [4.78, 5) is 0. The zero-order valence-corrected chi connectivity index (χ0v) is 13.7. The maximum atomic E-state index is 4.18. The van der Waals surface area contributed by atoms with Gasteiger partial charge in [-0.2, -0.15) is 0 Å². The van der Waals surface area contributed by atoms with Crippen LogP contribution in [0, 0.1) is 5.92 Å². The molecule has 1 saturated carbocycles. The van der Waals surface area contributed by atoms with Crippen LogP contribution in [-0.4, -0.2) is 38.0 Å². The molecule has 1 heterocycles. The van der Waals surface area contributed by atoms with Gasteiger partial charge in [0.25, 0.3) is 0 Å². The minimum Gasteiger partial charge on any atom is -0.313 e. The first-order chi connectivity index (χ1) is 9.69. The van der Waals surface area contributed by atoms with Crippen molar-refractivity contribution < 1.29 is 0 Å². The van der Waals surface area contributed by atoms with E-state index in [1.807, 2.05) is 16.4 Å². The molecule has 0 saturated heterocycles. The highest BCUT2D eigenvalue weighted by molar-refractivity contribution is 7.99. The topological polar surface area (TPSA) is 55.6 Å². The predicted molar refractivity (Wildman–Crippen MR) is 82.8 cm³/mol. The Hall–Kier alpha value is -0.620. The first-order valence-electron chi connectivity index (χ1n) is 7.85. The zero-order valence-electron chi connectivity index (χ0n) is 12.9. The van der Waals surface area contributed by atoms with E-state index in [1.165, 1.54) is 32.1 Å². The van der Waals surface area contributed by atoms with Crippen molar-refractivity contribution in [3.63, 3.8) is 0 Å². The second-order valence-electron chi connectivity index (χ2n) is 5.96. The summed E-state index contributed by atoms with van der Waals surface area (Å²) >= 11 is 1.87. The lowest BCUT2D eigenvalue weighted by Crippen LogP contribution is -2.27. The van der Waals surface area contributed by atoms with Crippen molar-refractivity contribution in [2.24, 2.45) is 5.92 Å². The maximum absolute atomic E-state index is 4.18. The third kappa shape index (κ3) is 4.74. The minimum atomic E-state index is 0.506. The molecule has 1 aromatic heterocycles. The Balaban J connectivity index is 1.80. The third-order valence-electron chi connectivity index (χ3n) is 4.02. The van der Waals surface area contributed by atoms with E-state index in [0.717, 1.165) is 24.2 Å². The van der Waals surface area contributed by atoms with Gasteiger partial charge < -0.3 is 5.32 Å². The number of aromatic nitrogens is 4. The van der Waals surface area contributed by atoms with Gasteiger partial charge in [0.1, 0.15) is 0 Å². The molecule has 0 unspecified atom stereocenters. The van der Waals surface area contributed by atoms with E-state index < -0.39 is 0 Å². The molecule has 0 bridgehead atoms.